The maximum atomic E-state index is 13.0. The van der Waals surface area contributed by atoms with Crippen molar-refractivity contribution in [2.24, 2.45) is 0 Å². The highest BCUT2D eigenvalue weighted by molar-refractivity contribution is 6.34. The molecule has 4 aromatic rings. The monoisotopic (exact) mass is 486 g/mol. The number of carbonyl (C=O) groups is 1. The zero-order valence-electron chi connectivity index (χ0n) is 18.0. The normalized spacial score (nSPS) is 10.7. The molecule has 0 saturated carbocycles. The Morgan fingerprint density at radius 3 is 2.21 bits per heavy atom. The predicted octanol–water partition coefficient (Wildman–Crippen LogP) is 7.08. The van der Waals surface area contributed by atoms with E-state index in [0.29, 0.717) is 55.1 Å². The molecule has 3 aromatic carbocycles. The summed E-state index contributed by atoms with van der Waals surface area (Å²) in [5, 5.41) is 7.26. The van der Waals surface area contributed by atoms with Gasteiger partial charge in [-0.15, -0.1) is 0 Å². The van der Waals surface area contributed by atoms with Crippen molar-refractivity contribution in [1.29, 1.82) is 0 Å². The molecule has 2 N–H and O–H groups in total. The zero-order chi connectivity index (χ0) is 23.5. The largest absolute Gasteiger partial charge is 0.496 e. The minimum atomic E-state index is -0.574. The van der Waals surface area contributed by atoms with Gasteiger partial charge in [-0.1, -0.05) is 41.4 Å². The van der Waals surface area contributed by atoms with Gasteiger partial charge in [-0.2, -0.15) is 0 Å². The molecule has 7 nitrogen and oxygen atoms in total. The van der Waals surface area contributed by atoms with Crippen molar-refractivity contribution in [2.45, 2.75) is 0 Å². The Kier molecular flexibility index (Phi) is 6.53. The Bertz CT molecular complexity index is 1310. The molecule has 0 aliphatic rings. The molecule has 0 atom stereocenters. The molecule has 0 bridgehead atoms. The summed E-state index contributed by atoms with van der Waals surface area (Å²) in [7, 11) is 4.49. The summed E-state index contributed by atoms with van der Waals surface area (Å²) in [4.78, 5) is 13.0. The second-order valence-electron chi connectivity index (χ2n) is 6.91. The molecular formula is C24H20Cl2N2O5. The van der Waals surface area contributed by atoms with Crippen molar-refractivity contribution < 1.29 is 23.4 Å². The molecule has 4 rings (SSSR count). The third kappa shape index (κ3) is 4.51. The molecule has 170 valence electrons. The van der Waals surface area contributed by atoms with Crippen LogP contribution in [-0.2, 0) is 0 Å². The molecule has 0 fully saturated rings. The molecule has 0 radical (unpaired) electrons. The van der Waals surface area contributed by atoms with Crippen LogP contribution in [0.4, 0.5) is 16.4 Å². The van der Waals surface area contributed by atoms with E-state index in [1.807, 2.05) is 18.2 Å². The van der Waals surface area contributed by atoms with Crippen molar-refractivity contribution in [2.75, 3.05) is 32.0 Å². The molecule has 1 aromatic heterocycles. The van der Waals surface area contributed by atoms with Gasteiger partial charge in [0.15, 0.2) is 0 Å². The summed E-state index contributed by atoms with van der Waals surface area (Å²) in [5.74, 6) is 1.46. The number of methoxy groups -OCH3 is 3. The van der Waals surface area contributed by atoms with Gasteiger partial charge in [0.2, 0.25) is 5.88 Å². The molecule has 0 unspecified atom stereocenters. The number of anilines is 2. The first-order valence-electron chi connectivity index (χ1n) is 9.80. The average Bonchev–Trinajstić information content (AvgIpc) is 3.15. The van der Waals surface area contributed by atoms with E-state index in [1.165, 1.54) is 21.3 Å². The Morgan fingerprint density at radius 2 is 1.58 bits per heavy atom. The number of amides is 2. The third-order valence-corrected chi connectivity index (χ3v) is 5.54. The molecule has 0 aliphatic heterocycles. The van der Waals surface area contributed by atoms with Crippen LogP contribution in [0.2, 0.25) is 10.0 Å². The van der Waals surface area contributed by atoms with Gasteiger partial charge in [0.1, 0.15) is 28.5 Å². The Balaban J connectivity index is 1.74. The minimum Gasteiger partial charge on any atom is -0.496 e. The highest BCUT2D eigenvalue weighted by atomic mass is 35.5. The summed E-state index contributed by atoms with van der Waals surface area (Å²) in [6.45, 7) is 0. The fourth-order valence-electron chi connectivity index (χ4n) is 3.47. The standard InChI is InChI=1S/C24H20Cl2N2O5/c1-30-14-11-19(31-2)22(20(12-14)32-3)27-24(29)28-23-21(15-6-4-5-7-17(15)26)16-10-13(25)8-9-18(16)33-23/h4-12H,1-3H3,(H2,27,28,29). The maximum absolute atomic E-state index is 13.0. The SMILES string of the molecule is COc1cc(OC)c(NC(=O)Nc2oc3ccc(Cl)cc3c2-c2ccccc2Cl)c(OC)c1. The van der Waals surface area contributed by atoms with Crippen LogP contribution in [0.1, 0.15) is 0 Å². The smallest absolute Gasteiger partial charge is 0.326 e. The Morgan fingerprint density at radius 1 is 0.879 bits per heavy atom. The first-order valence-corrected chi connectivity index (χ1v) is 10.6. The molecular weight excluding hydrogens is 467 g/mol. The lowest BCUT2D eigenvalue weighted by molar-refractivity contribution is 0.261. The van der Waals surface area contributed by atoms with Crippen molar-refractivity contribution in [3.05, 3.63) is 64.6 Å². The van der Waals surface area contributed by atoms with Crippen molar-refractivity contribution in [3.8, 4) is 28.4 Å². The van der Waals surface area contributed by atoms with Crippen LogP contribution < -0.4 is 24.8 Å². The van der Waals surface area contributed by atoms with E-state index in [1.54, 1.807) is 36.4 Å². The Labute approximate surface area is 200 Å². The van der Waals surface area contributed by atoms with Gasteiger partial charge >= 0.3 is 6.03 Å². The number of hydrogen-bond acceptors (Lipinski definition) is 5. The average molecular weight is 487 g/mol. The highest BCUT2D eigenvalue weighted by Crippen LogP contribution is 2.43. The summed E-state index contributed by atoms with van der Waals surface area (Å²) in [5.41, 5.74) is 2.18. The van der Waals surface area contributed by atoms with Crippen LogP contribution in [0, 0.1) is 0 Å². The van der Waals surface area contributed by atoms with E-state index in [9.17, 15) is 4.79 Å². The number of furan rings is 1. The van der Waals surface area contributed by atoms with Gasteiger partial charge in [-0.3, -0.25) is 5.32 Å². The van der Waals surface area contributed by atoms with Crippen molar-refractivity contribution in [1.82, 2.24) is 0 Å². The molecule has 33 heavy (non-hydrogen) atoms. The first-order chi connectivity index (χ1) is 15.9. The van der Waals surface area contributed by atoms with Gasteiger partial charge in [-0.25, -0.2) is 4.79 Å². The summed E-state index contributed by atoms with van der Waals surface area (Å²) in [6.07, 6.45) is 0. The van der Waals surface area contributed by atoms with E-state index in [-0.39, 0.29) is 5.88 Å². The fraction of sp³-hybridized carbons (Fsp3) is 0.125. The summed E-state index contributed by atoms with van der Waals surface area (Å²) in [6, 6.07) is 15.2. The predicted molar refractivity (Wildman–Crippen MR) is 130 cm³/mol. The zero-order valence-corrected chi connectivity index (χ0v) is 19.5. The highest BCUT2D eigenvalue weighted by Gasteiger charge is 2.22. The first kappa shape index (κ1) is 22.6. The number of rotatable bonds is 6. The number of benzene rings is 3. The van der Waals surface area contributed by atoms with Crippen molar-refractivity contribution in [3.63, 3.8) is 0 Å². The van der Waals surface area contributed by atoms with E-state index < -0.39 is 6.03 Å². The number of urea groups is 1. The van der Waals surface area contributed by atoms with E-state index in [0.717, 1.165) is 0 Å². The molecule has 0 saturated heterocycles. The number of carbonyl (C=O) groups excluding carboxylic acids is 1. The van der Waals surface area contributed by atoms with Crippen LogP contribution in [0.25, 0.3) is 22.1 Å². The quantitative estimate of drug-likeness (QED) is 0.304. The van der Waals surface area contributed by atoms with E-state index >= 15 is 0 Å². The molecule has 9 heteroatoms. The molecule has 0 aliphatic carbocycles. The number of nitrogens with one attached hydrogen (secondary N) is 2. The van der Waals surface area contributed by atoms with Crippen LogP contribution >= 0.6 is 23.2 Å². The lowest BCUT2D eigenvalue weighted by atomic mass is 10.0. The van der Waals surface area contributed by atoms with Gasteiger partial charge in [0.25, 0.3) is 0 Å². The second-order valence-corrected chi connectivity index (χ2v) is 7.76. The number of fused-ring (bicyclic) bond motifs is 1. The van der Waals surface area contributed by atoms with E-state index in [4.69, 9.17) is 41.8 Å². The number of halogens is 2. The fourth-order valence-corrected chi connectivity index (χ4v) is 3.87. The number of ether oxygens (including phenoxy) is 3. The minimum absolute atomic E-state index is 0.212. The summed E-state index contributed by atoms with van der Waals surface area (Å²) >= 11 is 12.7. The topological polar surface area (TPSA) is 82.0 Å². The second kappa shape index (κ2) is 9.52. The van der Waals surface area contributed by atoms with Crippen LogP contribution in [-0.4, -0.2) is 27.4 Å². The molecule has 2 amide bonds. The van der Waals surface area contributed by atoms with Crippen molar-refractivity contribution >= 4 is 51.8 Å². The van der Waals surface area contributed by atoms with Gasteiger partial charge in [0, 0.05) is 33.1 Å². The lowest BCUT2D eigenvalue weighted by Gasteiger charge is -2.16. The molecule has 0 spiro atoms. The van der Waals surface area contributed by atoms with Crippen LogP contribution in [0.5, 0.6) is 17.2 Å². The van der Waals surface area contributed by atoms with Gasteiger partial charge in [0.05, 0.1) is 26.9 Å². The maximum Gasteiger partial charge on any atom is 0.326 e. The van der Waals surface area contributed by atoms with Crippen LogP contribution in [0.15, 0.2) is 59.0 Å². The van der Waals surface area contributed by atoms with Crippen LogP contribution in [0.3, 0.4) is 0 Å². The Hall–Kier alpha value is -3.55. The van der Waals surface area contributed by atoms with E-state index in [2.05, 4.69) is 10.6 Å². The molecule has 1 heterocycles. The van der Waals surface area contributed by atoms with Gasteiger partial charge < -0.3 is 23.9 Å². The van der Waals surface area contributed by atoms with Gasteiger partial charge in [-0.05, 0) is 24.3 Å². The lowest BCUT2D eigenvalue weighted by Crippen LogP contribution is -2.20. The number of hydrogen-bond donors (Lipinski definition) is 2. The summed E-state index contributed by atoms with van der Waals surface area (Å²) < 4.78 is 22.0. The third-order valence-electron chi connectivity index (χ3n) is 4.97.